The van der Waals surface area contributed by atoms with Crippen molar-refractivity contribution in [3.63, 3.8) is 0 Å². The van der Waals surface area contributed by atoms with Gasteiger partial charge >= 0.3 is 6.18 Å². The Labute approximate surface area is 226 Å². The van der Waals surface area contributed by atoms with Gasteiger partial charge < -0.3 is 4.74 Å². The van der Waals surface area contributed by atoms with E-state index >= 15 is 0 Å². The van der Waals surface area contributed by atoms with Gasteiger partial charge in [-0.25, -0.2) is 4.39 Å². The SMILES string of the molecule is Fc1ccc(OCc2ccccc2)c(C2=NN(c3ccc(Cl)cc3Cl)[C@@H](c3cccc(C(F)(F)F)c3)C2)c1. The first-order valence-electron chi connectivity index (χ1n) is 11.6. The Kier molecular flexibility index (Phi) is 7.32. The van der Waals surface area contributed by atoms with Crippen molar-refractivity contribution in [2.45, 2.75) is 25.2 Å². The van der Waals surface area contributed by atoms with Crippen LogP contribution in [0.4, 0.5) is 23.2 Å². The van der Waals surface area contributed by atoms with Gasteiger partial charge in [0.05, 0.1) is 28.0 Å². The van der Waals surface area contributed by atoms with Gasteiger partial charge in [0.1, 0.15) is 18.2 Å². The van der Waals surface area contributed by atoms with E-state index in [9.17, 15) is 17.6 Å². The van der Waals surface area contributed by atoms with Crippen LogP contribution in [0.15, 0.2) is 96.1 Å². The van der Waals surface area contributed by atoms with Gasteiger partial charge in [-0.2, -0.15) is 18.3 Å². The van der Waals surface area contributed by atoms with E-state index in [4.69, 9.17) is 33.0 Å². The van der Waals surface area contributed by atoms with Crippen molar-refractivity contribution in [3.05, 3.63) is 129 Å². The Bertz CT molecular complexity index is 1490. The molecule has 1 aliphatic rings. The molecule has 0 radical (unpaired) electrons. The number of hydrazone groups is 1. The van der Waals surface area contributed by atoms with Crippen molar-refractivity contribution in [2.75, 3.05) is 5.01 Å². The average molecular weight is 559 g/mol. The third-order valence-corrected chi connectivity index (χ3v) is 6.69. The maximum Gasteiger partial charge on any atom is 0.416 e. The van der Waals surface area contributed by atoms with Gasteiger partial charge in [0.25, 0.3) is 0 Å². The van der Waals surface area contributed by atoms with Crippen LogP contribution < -0.4 is 9.75 Å². The van der Waals surface area contributed by atoms with Crippen LogP contribution in [0, 0.1) is 5.82 Å². The van der Waals surface area contributed by atoms with E-state index in [0.29, 0.717) is 33.3 Å². The lowest BCUT2D eigenvalue weighted by Gasteiger charge is -2.25. The maximum atomic E-state index is 14.4. The lowest BCUT2D eigenvalue weighted by atomic mass is 9.96. The van der Waals surface area contributed by atoms with Crippen LogP contribution in [0.5, 0.6) is 5.75 Å². The zero-order valence-corrected chi connectivity index (χ0v) is 21.2. The van der Waals surface area contributed by atoms with Crippen molar-refractivity contribution in [1.82, 2.24) is 0 Å². The lowest BCUT2D eigenvalue weighted by Crippen LogP contribution is -2.19. The summed E-state index contributed by atoms with van der Waals surface area (Å²) in [7, 11) is 0. The predicted octanol–water partition coefficient (Wildman–Crippen LogP) is 9.09. The van der Waals surface area contributed by atoms with Crippen molar-refractivity contribution in [3.8, 4) is 5.75 Å². The predicted molar refractivity (Wildman–Crippen MR) is 141 cm³/mol. The summed E-state index contributed by atoms with van der Waals surface area (Å²) in [6, 6.07) is 22.8. The third-order valence-electron chi connectivity index (χ3n) is 6.16. The van der Waals surface area contributed by atoms with E-state index in [-0.39, 0.29) is 18.1 Å². The smallest absolute Gasteiger partial charge is 0.416 e. The molecule has 0 spiro atoms. The first-order valence-corrected chi connectivity index (χ1v) is 12.4. The van der Waals surface area contributed by atoms with Crippen LogP contribution in [0.3, 0.4) is 0 Å². The Morgan fingerprint density at radius 2 is 1.68 bits per heavy atom. The molecule has 0 N–H and O–H groups in total. The molecule has 1 atom stereocenters. The molecule has 0 amide bonds. The molecule has 194 valence electrons. The van der Waals surface area contributed by atoms with Gasteiger partial charge in [-0.1, -0.05) is 65.7 Å². The van der Waals surface area contributed by atoms with Crippen molar-refractivity contribution < 1.29 is 22.3 Å². The molecule has 0 unspecified atom stereocenters. The van der Waals surface area contributed by atoms with Crippen molar-refractivity contribution in [2.24, 2.45) is 5.10 Å². The minimum atomic E-state index is -4.51. The van der Waals surface area contributed by atoms with E-state index in [2.05, 4.69) is 0 Å². The minimum Gasteiger partial charge on any atom is -0.488 e. The molecular formula is C29H20Cl2F4N2O. The Balaban J connectivity index is 1.56. The average Bonchev–Trinajstić information content (AvgIpc) is 3.33. The van der Waals surface area contributed by atoms with Gasteiger partial charge in [-0.15, -0.1) is 0 Å². The number of alkyl halides is 3. The molecule has 3 nitrogen and oxygen atoms in total. The Morgan fingerprint density at radius 1 is 0.895 bits per heavy atom. The monoisotopic (exact) mass is 558 g/mol. The van der Waals surface area contributed by atoms with E-state index in [0.717, 1.165) is 17.7 Å². The van der Waals surface area contributed by atoms with Gasteiger partial charge in [0.15, 0.2) is 0 Å². The van der Waals surface area contributed by atoms with Crippen molar-refractivity contribution in [1.29, 1.82) is 0 Å². The van der Waals surface area contributed by atoms with E-state index < -0.39 is 23.6 Å². The first kappa shape index (κ1) is 26.1. The lowest BCUT2D eigenvalue weighted by molar-refractivity contribution is -0.137. The van der Waals surface area contributed by atoms with Crippen LogP contribution in [0.1, 0.15) is 34.7 Å². The molecule has 0 fully saturated rings. The van der Waals surface area contributed by atoms with Crippen LogP contribution in [-0.2, 0) is 12.8 Å². The molecule has 4 aromatic carbocycles. The summed E-state index contributed by atoms with van der Waals surface area (Å²) >= 11 is 12.5. The number of halogens is 6. The Hall–Kier alpha value is -3.55. The maximum absolute atomic E-state index is 14.4. The summed E-state index contributed by atoms with van der Waals surface area (Å²) in [5.74, 6) is -0.0887. The van der Waals surface area contributed by atoms with Gasteiger partial charge in [-0.05, 0) is 59.7 Å². The minimum absolute atomic E-state index is 0.186. The second-order valence-electron chi connectivity index (χ2n) is 8.74. The van der Waals surface area contributed by atoms with E-state index in [1.54, 1.807) is 23.2 Å². The summed E-state index contributed by atoms with van der Waals surface area (Å²) in [6.07, 6.45) is -4.33. The molecule has 38 heavy (non-hydrogen) atoms. The number of ether oxygens (including phenoxy) is 1. The zero-order chi connectivity index (χ0) is 26.9. The number of rotatable bonds is 6. The van der Waals surface area contributed by atoms with Crippen LogP contribution in [0.2, 0.25) is 10.0 Å². The highest BCUT2D eigenvalue weighted by molar-refractivity contribution is 6.36. The zero-order valence-electron chi connectivity index (χ0n) is 19.7. The molecule has 0 saturated heterocycles. The van der Waals surface area contributed by atoms with Crippen LogP contribution >= 0.6 is 23.2 Å². The molecule has 4 aromatic rings. The molecule has 0 saturated carbocycles. The normalized spacial score (nSPS) is 15.5. The topological polar surface area (TPSA) is 24.8 Å². The molecule has 0 aliphatic carbocycles. The van der Waals surface area contributed by atoms with Crippen LogP contribution in [0.25, 0.3) is 0 Å². The second kappa shape index (κ2) is 10.7. The number of anilines is 1. The number of benzene rings is 4. The summed E-state index contributed by atoms with van der Waals surface area (Å²) in [5.41, 5.74) is 1.84. The molecule has 1 aliphatic heterocycles. The standard InChI is InChI=1S/C29H20Cl2F4N2O/c30-21-9-11-26(24(31)14-21)37-27(19-7-4-8-20(13-19)29(33,34)35)16-25(36-37)23-15-22(32)10-12-28(23)38-17-18-5-2-1-3-6-18/h1-15,27H,16-17H2/t27-/m1/s1. The highest BCUT2D eigenvalue weighted by Gasteiger charge is 2.35. The molecule has 9 heteroatoms. The quantitative estimate of drug-likeness (QED) is 0.220. The number of nitrogens with zero attached hydrogens (tertiary/aromatic N) is 2. The molecule has 5 rings (SSSR count). The van der Waals surface area contributed by atoms with E-state index in [1.807, 2.05) is 30.3 Å². The second-order valence-corrected chi connectivity index (χ2v) is 9.59. The van der Waals surface area contributed by atoms with Crippen LogP contribution in [-0.4, -0.2) is 5.71 Å². The highest BCUT2D eigenvalue weighted by atomic mass is 35.5. The fourth-order valence-electron chi connectivity index (χ4n) is 4.33. The molecular weight excluding hydrogens is 539 g/mol. The van der Waals surface area contributed by atoms with E-state index in [1.165, 1.54) is 30.3 Å². The Morgan fingerprint density at radius 3 is 2.42 bits per heavy atom. The van der Waals surface area contributed by atoms with Gasteiger partial charge in [-0.3, -0.25) is 5.01 Å². The van der Waals surface area contributed by atoms with Gasteiger partial charge in [0.2, 0.25) is 0 Å². The summed E-state index contributed by atoms with van der Waals surface area (Å²) in [6.45, 7) is 0.247. The first-order chi connectivity index (χ1) is 18.2. The largest absolute Gasteiger partial charge is 0.488 e. The summed E-state index contributed by atoms with van der Waals surface area (Å²) in [5, 5.41) is 6.95. The molecule has 0 aromatic heterocycles. The fourth-order valence-corrected chi connectivity index (χ4v) is 4.83. The summed E-state index contributed by atoms with van der Waals surface area (Å²) < 4.78 is 61.0. The number of hydrogen-bond acceptors (Lipinski definition) is 3. The molecule has 1 heterocycles. The summed E-state index contributed by atoms with van der Waals surface area (Å²) in [4.78, 5) is 0. The molecule has 0 bridgehead atoms. The van der Waals surface area contributed by atoms with Gasteiger partial charge in [0, 0.05) is 17.0 Å². The fraction of sp³-hybridized carbons (Fsp3) is 0.138. The highest BCUT2D eigenvalue weighted by Crippen LogP contribution is 2.43. The third kappa shape index (κ3) is 5.64. The number of hydrogen-bond donors (Lipinski definition) is 0. The van der Waals surface area contributed by atoms with Crippen molar-refractivity contribution >= 4 is 34.6 Å².